The van der Waals surface area contributed by atoms with Gasteiger partial charge in [0.05, 0.1) is 11.5 Å². The molecule has 6 heteroatoms. The van der Waals surface area contributed by atoms with E-state index in [0.29, 0.717) is 37.2 Å². The number of ether oxygens (including phenoxy) is 1. The molecule has 2 N–H and O–H groups in total. The highest BCUT2D eigenvalue weighted by molar-refractivity contribution is 5.95. The van der Waals surface area contributed by atoms with Gasteiger partial charge in [-0.05, 0) is 68.1 Å². The fourth-order valence-electron chi connectivity index (χ4n) is 4.28. The Morgan fingerprint density at radius 1 is 1.21 bits per heavy atom. The smallest absolute Gasteiger partial charge is 0.253 e. The first-order chi connectivity index (χ1) is 14.0. The van der Waals surface area contributed by atoms with Gasteiger partial charge in [-0.25, -0.2) is 0 Å². The van der Waals surface area contributed by atoms with E-state index in [2.05, 4.69) is 5.32 Å². The minimum atomic E-state index is -0.889. The van der Waals surface area contributed by atoms with Crippen molar-refractivity contribution in [2.24, 2.45) is 5.41 Å². The molecule has 0 aliphatic carbocycles. The Balaban J connectivity index is 1.47. The number of piperidine rings is 2. The molecule has 152 valence electrons. The van der Waals surface area contributed by atoms with E-state index in [4.69, 9.17) is 4.74 Å². The van der Waals surface area contributed by atoms with Gasteiger partial charge < -0.3 is 20.1 Å². The minimum Gasteiger partial charge on any atom is -0.457 e. The first-order valence-corrected chi connectivity index (χ1v) is 10.1. The molecular formula is C23H26N2O4. The third-order valence-electron chi connectivity index (χ3n) is 5.93. The maximum absolute atomic E-state index is 13.0. The molecule has 1 spiro atoms. The van der Waals surface area contributed by atoms with Crippen molar-refractivity contribution in [3.63, 3.8) is 0 Å². The monoisotopic (exact) mass is 394 g/mol. The average molecular weight is 394 g/mol. The highest BCUT2D eigenvalue weighted by Gasteiger charge is 2.50. The van der Waals surface area contributed by atoms with Crippen LogP contribution in [0.3, 0.4) is 0 Å². The van der Waals surface area contributed by atoms with E-state index in [9.17, 15) is 14.7 Å². The second kappa shape index (κ2) is 7.87. The van der Waals surface area contributed by atoms with Gasteiger partial charge in [0.2, 0.25) is 5.91 Å². The SMILES string of the molecule is Cc1cccc(Oc2ccc(C(=O)N3CC[C@H](O)[C@@]4(CCCNC4=O)C3)cc2)c1. The summed E-state index contributed by atoms with van der Waals surface area (Å²) in [5.41, 5.74) is 0.770. The van der Waals surface area contributed by atoms with Crippen LogP contribution in [-0.2, 0) is 4.79 Å². The number of benzene rings is 2. The van der Waals surface area contributed by atoms with Crippen molar-refractivity contribution in [1.82, 2.24) is 10.2 Å². The predicted octanol–water partition coefficient (Wildman–Crippen LogP) is 2.89. The van der Waals surface area contributed by atoms with Crippen molar-refractivity contribution >= 4 is 11.8 Å². The summed E-state index contributed by atoms with van der Waals surface area (Å²) in [5, 5.41) is 13.4. The van der Waals surface area contributed by atoms with E-state index in [0.717, 1.165) is 17.7 Å². The number of likely N-dealkylation sites (tertiary alicyclic amines) is 1. The van der Waals surface area contributed by atoms with Crippen molar-refractivity contribution in [3.05, 3.63) is 59.7 Å². The summed E-state index contributed by atoms with van der Waals surface area (Å²) >= 11 is 0. The Bertz CT molecular complexity index is 911. The summed E-state index contributed by atoms with van der Waals surface area (Å²) in [6.45, 7) is 3.32. The van der Waals surface area contributed by atoms with Crippen molar-refractivity contribution in [1.29, 1.82) is 0 Å². The molecule has 2 saturated heterocycles. The third kappa shape index (κ3) is 3.85. The average Bonchev–Trinajstić information content (AvgIpc) is 2.72. The highest BCUT2D eigenvalue weighted by atomic mass is 16.5. The molecule has 2 atom stereocenters. The molecule has 2 aromatic carbocycles. The topological polar surface area (TPSA) is 78.9 Å². The van der Waals surface area contributed by atoms with Gasteiger partial charge in [-0.2, -0.15) is 0 Å². The molecule has 2 fully saturated rings. The van der Waals surface area contributed by atoms with E-state index < -0.39 is 11.5 Å². The molecule has 2 heterocycles. The van der Waals surface area contributed by atoms with Crippen molar-refractivity contribution in [2.75, 3.05) is 19.6 Å². The van der Waals surface area contributed by atoms with Crippen LogP contribution in [-0.4, -0.2) is 47.6 Å². The Kier molecular flexibility index (Phi) is 5.28. The second-order valence-corrected chi connectivity index (χ2v) is 7.99. The first kappa shape index (κ1) is 19.5. The van der Waals surface area contributed by atoms with Crippen LogP contribution in [0, 0.1) is 12.3 Å². The summed E-state index contributed by atoms with van der Waals surface area (Å²) in [4.78, 5) is 27.2. The summed E-state index contributed by atoms with van der Waals surface area (Å²) in [6.07, 6.45) is 1.12. The number of amides is 2. The molecule has 2 amide bonds. The number of carbonyl (C=O) groups excluding carboxylic acids is 2. The van der Waals surface area contributed by atoms with E-state index in [-0.39, 0.29) is 18.4 Å². The van der Waals surface area contributed by atoms with Crippen molar-refractivity contribution in [3.8, 4) is 11.5 Å². The molecule has 0 radical (unpaired) electrons. The summed E-state index contributed by atoms with van der Waals surface area (Å²) in [6, 6.07) is 14.8. The van der Waals surface area contributed by atoms with Crippen LogP contribution in [0.4, 0.5) is 0 Å². The molecule has 2 aromatic rings. The lowest BCUT2D eigenvalue weighted by Gasteiger charge is -2.46. The molecule has 0 saturated carbocycles. The van der Waals surface area contributed by atoms with Gasteiger partial charge in [0.25, 0.3) is 5.91 Å². The Morgan fingerprint density at radius 2 is 2.00 bits per heavy atom. The number of hydrogen-bond donors (Lipinski definition) is 2. The van der Waals surface area contributed by atoms with Crippen LogP contribution < -0.4 is 10.1 Å². The largest absolute Gasteiger partial charge is 0.457 e. The molecule has 0 bridgehead atoms. The lowest BCUT2D eigenvalue weighted by atomic mass is 9.71. The predicted molar refractivity (Wildman–Crippen MR) is 109 cm³/mol. The fourth-order valence-corrected chi connectivity index (χ4v) is 4.28. The molecule has 2 aliphatic rings. The number of aliphatic hydroxyl groups excluding tert-OH is 1. The maximum atomic E-state index is 13.0. The number of nitrogens with zero attached hydrogens (tertiary/aromatic N) is 1. The fraction of sp³-hybridized carbons (Fsp3) is 0.391. The minimum absolute atomic E-state index is 0.128. The molecular weight excluding hydrogens is 368 g/mol. The standard InChI is InChI=1S/C23H26N2O4/c1-16-4-2-5-19(14-16)29-18-8-6-17(7-9-18)21(27)25-13-10-20(26)23(15-25)11-3-12-24-22(23)28/h2,4-9,14,20,26H,3,10-13,15H2,1H3,(H,24,28)/t20-,23+/m0/s1. The van der Waals surface area contributed by atoms with Gasteiger partial charge in [0.15, 0.2) is 0 Å². The molecule has 4 rings (SSSR count). The van der Waals surface area contributed by atoms with E-state index in [1.165, 1.54) is 0 Å². The number of carbonyl (C=O) groups is 2. The van der Waals surface area contributed by atoms with Crippen molar-refractivity contribution < 1.29 is 19.4 Å². The normalized spacial score (nSPS) is 24.3. The molecule has 6 nitrogen and oxygen atoms in total. The molecule has 2 aliphatic heterocycles. The third-order valence-corrected chi connectivity index (χ3v) is 5.93. The molecule has 0 unspecified atom stereocenters. The number of nitrogens with one attached hydrogen (secondary N) is 1. The lowest BCUT2D eigenvalue weighted by Crippen LogP contribution is -2.62. The van der Waals surface area contributed by atoms with Gasteiger partial charge in [-0.1, -0.05) is 12.1 Å². The van der Waals surface area contributed by atoms with E-state index >= 15 is 0 Å². The van der Waals surface area contributed by atoms with Gasteiger partial charge in [0, 0.05) is 25.2 Å². The van der Waals surface area contributed by atoms with Gasteiger partial charge in [-0.3, -0.25) is 9.59 Å². The zero-order chi connectivity index (χ0) is 20.4. The van der Waals surface area contributed by atoms with Crippen LogP contribution >= 0.6 is 0 Å². The first-order valence-electron chi connectivity index (χ1n) is 10.1. The van der Waals surface area contributed by atoms with Crippen molar-refractivity contribution in [2.45, 2.75) is 32.3 Å². The Hall–Kier alpha value is -2.86. The van der Waals surface area contributed by atoms with Gasteiger partial charge in [-0.15, -0.1) is 0 Å². The summed E-state index contributed by atoms with van der Waals surface area (Å²) in [7, 11) is 0. The van der Waals surface area contributed by atoms with Crippen LogP contribution in [0.5, 0.6) is 11.5 Å². The Labute approximate surface area is 170 Å². The van der Waals surface area contributed by atoms with Crippen LogP contribution in [0.2, 0.25) is 0 Å². The zero-order valence-electron chi connectivity index (χ0n) is 16.6. The molecule has 0 aromatic heterocycles. The summed E-state index contributed by atoms with van der Waals surface area (Å²) in [5.74, 6) is 1.14. The van der Waals surface area contributed by atoms with Crippen LogP contribution in [0.1, 0.15) is 35.2 Å². The van der Waals surface area contributed by atoms with E-state index in [1.807, 2.05) is 31.2 Å². The maximum Gasteiger partial charge on any atom is 0.253 e. The van der Waals surface area contributed by atoms with E-state index in [1.54, 1.807) is 29.2 Å². The zero-order valence-corrected chi connectivity index (χ0v) is 16.6. The number of aryl methyl sites for hydroxylation is 1. The van der Waals surface area contributed by atoms with Gasteiger partial charge in [0.1, 0.15) is 11.5 Å². The van der Waals surface area contributed by atoms with Gasteiger partial charge >= 0.3 is 0 Å². The quantitative estimate of drug-likeness (QED) is 0.839. The van der Waals surface area contributed by atoms with Crippen LogP contribution in [0.15, 0.2) is 48.5 Å². The number of rotatable bonds is 3. The van der Waals surface area contributed by atoms with Crippen LogP contribution in [0.25, 0.3) is 0 Å². The second-order valence-electron chi connectivity index (χ2n) is 7.99. The Morgan fingerprint density at radius 3 is 2.72 bits per heavy atom. The summed E-state index contributed by atoms with van der Waals surface area (Å²) < 4.78 is 5.85. The lowest BCUT2D eigenvalue weighted by molar-refractivity contribution is -0.147. The number of hydrogen-bond acceptors (Lipinski definition) is 4. The highest BCUT2D eigenvalue weighted by Crippen LogP contribution is 2.37. The number of aliphatic hydroxyl groups is 1. The molecule has 29 heavy (non-hydrogen) atoms.